The molecule has 0 rings (SSSR count). The third-order valence-corrected chi connectivity index (χ3v) is 18.7. The van der Waals surface area contributed by atoms with Gasteiger partial charge in [0.25, 0.3) is 0 Å². The number of hydrogen-bond acceptors (Lipinski definition) is 5. The Bertz CT molecular complexity index is 1650. The van der Waals surface area contributed by atoms with Gasteiger partial charge in [-0.15, -0.1) is 0 Å². The van der Waals surface area contributed by atoms with Gasteiger partial charge in [-0.05, 0) is 89.9 Å². The molecule has 1 unspecified atom stereocenters. The number of hydrogen-bond donors (Lipinski definition) is 1. The monoisotopic (exact) mass is 1280 g/mol. The highest BCUT2D eigenvalue weighted by atomic mass is 16.6. The Morgan fingerprint density at radius 3 is 0.707 bits per heavy atom. The highest BCUT2D eigenvalue weighted by Crippen LogP contribution is 2.20. The van der Waals surface area contributed by atoms with Crippen LogP contribution in [-0.2, 0) is 19.1 Å². The molecule has 0 aromatic rings. The van der Waals surface area contributed by atoms with E-state index in [2.05, 4.69) is 98.9 Å². The average molecular weight is 1280 g/mol. The minimum absolute atomic E-state index is 0.0609. The van der Waals surface area contributed by atoms with E-state index in [4.69, 9.17) is 9.47 Å². The number of ether oxygens (including phenoxy) is 2. The topological polar surface area (TPSA) is 72.8 Å². The molecule has 92 heavy (non-hydrogen) atoms. The summed E-state index contributed by atoms with van der Waals surface area (Å²) in [6.45, 7) is 4.07. The van der Waals surface area contributed by atoms with Crippen LogP contribution in [0, 0.1) is 0 Å². The molecule has 0 radical (unpaired) electrons. The molecule has 0 heterocycles. The summed E-state index contributed by atoms with van der Waals surface area (Å²) in [5.74, 6) is -0.566. The molecule has 0 bridgehead atoms. The number of aliphatic hydroxyl groups excluding tert-OH is 1. The number of esters is 2. The molecule has 0 amide bonds. The van der Waals surface area contributed by atoms with Crippen molar-refractivity contribution in [1.29, 1.82) is 0 Å². The number of carbonyl (C=O) groups is 2. The van der Waals surface area contributed by atoms with Crippen LogP contribution in [0.4, 0.5) is 0 Å². The van der Waals surface area contributed by atoms with Crippen molar-refractivity contribution in [3.8, 4) is 0 Å². The zero-order chi connectivity index (χ0) is 66.1. The fraction of sp³-hybridized carbons (Fsp3) is 0.816. The Morgan fingerprint density at radius 1 is 0.261 bits per heavy atom. The molecule has 0 aromatic carbocycles. The molecule has 0 aliphatic rings. The largest absolute Gasteiger partial charge is 0.462 e. The first-order valence-electron chi connectivity index (χ1n) is 41.1. The zero-order valence-electron chi connectivity index (χ0n) is 61.8. The molecule has 1 N–H and O–H groups in total. The summed E-state index contributed by atoms with van der Waals surface area (Å²) in [6.07, 6.45) is 117. The molecule has 0 spiro atoms. The van der Waals surface area contributed by atoms with Crippen LogP contribution >= 0.6 is 0 Å². The molecule has 0 aliphatic heterocycles. The van der Waals surface area contributed by atoms with Gasteiger partial charge in [-0.1, -0.05) is 420 Å². The lowest BCUT2D eigenvalue weighted by molar-refractivity contribution is -0.161. The molecule has 0 fully saturated rings. The van der Waals surface area contributed by atoms with Gasteiger partial charge in [0.1, 0.15) is 6.61 Å². The molecular formula is C87H158O5. The van der Waals surface area contributed by atoms with Crippen LogP contribution in [0.2, 0.25) is 0 Å². The van der Waals surface area contributed by atoms with Crippen molar-refractivity contribution < 1.29 is 24.2 Å². The third kappa shape index (κ3) is 79.5. The first-order valence-corrected chi connectivity index (χ1v) is 41.1. The van der Waals surface area contributed by atoms with Crippen LogP contribution in [0.3, 0.4) is 0 Å². The zero-order valence-corrected chi connectivity index (χ0v) is 61.8. The minimum Gasteiger partial charge on any atom is -0.462 e. The second-order valence-electron chi connectivity index (χ2n) is 27.8. The minimum atomic E-state index is -0.773. The molecule has 5 nitrogen and oxygen atoms in total. The van der Waals surface area contributed by atoms with Crippen LogP contribution in [0.1, 0.15) is 438 Å². The highest BCUT2D eigenvalue weighted by molar-refractivity contribution is 5.70. The number of carbonyl (C=O) groups excluding carboxylic acids is 2. The Hall–Kier alpha value is -2.92. The van der Waals surface area contributed by atoms with Gasteiger partial charge < -0.3 is 14.6 Å². The van der Waals surface area contributed by atoms with Crippen molar-refractivity contribution in [2.45, 2.75) is 444 Å². The summed E-state index contributed by atoms with van der Waals surface area (Å²) < 4.78 is 10.8. The van der Waals surface area contributed by atoms with E-state index in [9.17, 15) is 14.7 Å². The Balaban J connectivity index is 3.37. The lowest BCUT2D eigenvalue weighted by Crippen LogP contribution is -2.28. The van der Waals surface area contributed by atoms with Crippen molar-refractivity contribution in [2.75, 3.05) is 13.2 Å². The third-order valence-electron chi connectivity index (χ3n) is 18.7. The SMILES string of the molecule is CC/C=C\C/C=C\C/C=C\C/C=C\C/C=C\CCCCCCCCCCCCCCCCCCCCCCCC(=O)OC(CO)COC(=O)CCCCCCCCCCCCCCCCCCCCCCCCCCCCCCC/C=C\C/C=C\CCCCCCC. The molecule has 536 valence electrons. The van der Waals surface area contributed by atoms with E-state index in [-0.39, 0.29) is 25.2 Å². The smallest absolute Gasteiger partial charge is 0.306 e. The molecule has 0 saturated heterocycles. The summed E-state index contributed by atoms with van der Waals surface area (Å²) in [7, 11) is 0. The van der Waals surface area contributed by atoms with E-state index in [1.807, 2.05) is 0 Å². The van der Waals surface area contributed by atoms with Gasteiger partial charge in [0.15, 0.2) is 6.10 Å². The number of rotatable bonds is 77. The maximum atomic E-state index is 12.4. The van der Waals surface area contributed by atoms with Gasteiger partial charge >= 0.3 is 11.9 Å². The Labute approximate surface area is 575 Å². The molecule has 0 aliphatic carbocycles. The summed E-state index contributed by atoms with van der Waals surface area (Å²) in [6, 6.07) is 0. The maximum Gasteiger partial charge on any atom is 0.306 e. The number of aliphatic hydroxyl groups is 1. The van der Waals surface area contributed by atoms with E-state index in [1.165, 1.54) is 340 Å². The van der Waals surface area contributed by atoms with Gasteiger partial charge in [-0.3, -0.25) is 9.59 Å². The molecule has 1 atom stereocenters. The summed E-state index contributed by atoms with van der Waals surface area (Å²) in [5.41, 5.74) is 0. The normalized spacial score (nSPS) is 12.6. The number of allylic oxidation sites excluding steroid dienone is 14. The summed E-state index contributed by atoms with van der Waals surface area (Å²) in [5, 5.41) is 9.74. The van der Waals surface area contributed by atoms with Gasteiger partial charge in [0, 0.05) is 12.8 Å². The van der Waals surface area contributed by atoms with Crippen molar-refractivity contribution in [1.82, 2.24) is 0 Å². The van der Waals surface area contributed by atoms with Gasteiger partial charge in [0.2, 0.25) is 0 Å². The summed E-state index contributed by atoms with van der Waals surface area (Å²) in [4.78, 5) is 24.7. The molecular weight excluding hydrogens is 1120 g/mol. The van der Waals surface area contributed by atoms with Crippen LogP contribution in [0.15, 0.2) is 85.1 Å². The lowest BCUT2D eigenvalue weighted by atomic mass is 10.0. The summed E-state index contributed by atoms with van der Waals surface area (Å²) >= 11 is 0. The lowest BCUT2D eigenvalue weighted by Gasteiger charge is -2.15. The molecule has 0 aromatic heterocycles. The van der Waals surface area contributed by atoms with E-state index in [1.54, 1.807) is 0 Å². The predicted octanol–water partition coefficient (Wildman–Crippen LogP) is 29.1. The van der Waals surface area contributed by atoms with Crippen LogP contribution < -0.4 is 0 Å². The van der Waals surface area contributed by atoms with Crippen molar-refractivity contribution in [2.24, 2.45) is 0 Å². The van der Waals surface area contributed by atoms with Crippen molar-refractivity contribution in [3.05, 3.63) is 85.1 Å². The Kier molecular flexibility index (Phi) is 79.7. The maximum absolute atomic E-state index is 12.4. The van der Waals surface area contributed by atoms with Gasteiger partial charge in [-0.2, -0.15) is 0 Å². The van der Waals surface area contributed by atoms with E-state index < -0.39 is 6.10 Å². The number of unbranched alkanes of at least 4 members (excludes halogenated alkanes) is 55. The molecule has 5 heteroatoms. The average Bonchev–Trinajstić information content (AvgIpc) is 3.70. The fourth-order valence-electron chi connectivity index (χ4n) is 12.6. The first kappa shape index (κ1) is 89.1. The van der Waals surface area contributed by atoms with Crippen molar-refractivity contribution in [3.63, 3.8) is 0 Å². The molecule has 0 saturated carbocycles. The van der Waals surface area contributed by atoms with Crippen LogP contribution in [0.25, 0.3) is 0 Å². The second-order valence-corrected chi connectivity index (χ2v) is 27.8. The van der Waals surface area contributed by atoms with Gasteiger partial charge in [-0.25, -0.2) is 0 Å². The van der Waals surface area contributed by atoms with Crippen LogP contribution in [0.5, 0.6) is 0 Å². The highest BCUT2D eigenvalue weighted by Gasteiger charge is 2.16. The van der Waals surface area contributed by atoms with Crippen molar-refractivity contribution >= 4 is 11.9 Å². The van der Waals surface area contributed by atoms with Crippen LogP contribution in [-0.4, -0.2) is 36.4 Å². The van der Waals surface area contributed by atoms with E-state index in [0.29, 0.717) is 12.8 Å². The fourth-order valence-corrected chi connectivity index (χ4v) is 12.6. The van der Waals surface area contributed by atoms with Gasteiger partial charge in [0.05, 0.1) is 6.61 Å². The standard InChI is InChI=1S/C87H158O5/c1-3-5-7-9-11-13-15-17-19-21-23-25-27-29-31-33-35-37-39-41-42-43-44-46-47-49-51-53-55-57-59-61-63-65-67-69-71-73-75-77-79-81-86(89)91-84-85(83-88)92-87(90)82-80-78-76-74-72-70-68-66-64-62-60-58-56-54-52-50-48-45-40-38-36-34-32-30-28-26-24-22-20-18-16-14-12-10-8-6-4-2/h6,8,12,14-15,17-18,20-21,23-24,26,30,32,85,88H,3-5,7,9-11,13,16,19,22,25,27-29,31,33-84H2,1-2H3/b8-6-,14-12-,17-15-,20-18-,23-21-,26-24-,32-30-. The second kappa shape index (κ2) is 82.3. The first-order chi connectivity index (χ1) is 45.6. The van der Waals surface area contributed by atoms with E-state index in [0.717, 1.165) is 70.6 Å². The Morgan fingerprint density at radius 2 is 0.467 bits per heavy atom. The van der Waals surface area contributed by atoms with E-state index >= 15 is 0 Å². The predicted molar refractivity (Wildman–Crippen MR) is 408 cm³/mol. The quantitative estimate of drug-likeness (QED) is 0.0373.